The number of nitrogens with one attached hydrogen (secondary N) is 1. The van der Waals surface area contributed by atoms with Gasteiger partial charge < -0.3 is 10.1 Å². The van der Waals surface area contributed by atoms with Gasteiger partial charge in [0.1, 0.15) is 5.75 Å². The Labute approximate surface area is 158 Å². The van der Waals surface area contributed by atoms with Crippen molar-refractivity contribution in [1.82, 2.24) is 14.6 Å². The number of aromatic nitrogens is 1. The number of likely N-dealkylation sites (N-methyl/N-ethyl adjacent to an activating group) is 1. The molecule has 0 saturated heterocycles. The molecule has 26 heavy (non-hydrogen) atoms. The van der Waals surface area contributed by atoms with Crippen LogP contribution in [0.3, 0.4) is 0 Å². The maximum Gasteiger partial charge on any atom is 0.243 e. The van der Waals surface area contributed by atoms with Gasteiger partial charge in [0.25, 0.3) is 0 Å². The molecule has 1 aromatic heterocycles. The molecule has 2 rings (SSSR count). The topological polar surface area (TPSA) is 88.6 Å². The van der Waals surface area contributed by atoms with Crippen LogP contribution in [0.4, 0.5) is 0 Å². The van der Waals surface area contributed by atoms with Gasteiger partial charge in [-0.25, -0.2) is 8.42 Å². The number of benzene rings is 1. The van der Waals surface area contributed by atoms with Crippen molar-refractivity contribution in [2.45, 2.75) is 18.4 Å². The highest BCUT2D eigenvalue weighted by Crippen LogP contribution is 2.28. The van der Waals surface area contributed by atoms with E-state index in [1.54, 1.807) is 31.5 Å². The number of pyridine rings is 1. The summed E-state index contributed by atoms with van der Waals surface area (Å²) < 4.78 is 31.5. The van der Waals surface area contributed by atoms with Crippen LogP contribution in [0.15, 0.2) is 47.6 Å². The Morgan fingerprint density at radius 3 is 2.58 bits per heavy atom. The first-order valence-electron chi connectivity index (χ1n) is 7.89. The number of hydrogen-bond donors (Lipinski definition) is 1. The van der Waals surface area contributed by atoms with E-state index in [0.717, 1.165) is 9.87 Å². The maximum atomic E-state index is 12.6. The Kier molecular flexibility index (Phi) is 6.96. The highest BCUT2D eigenvalue weighted by atomic mass is 35.5. The Hall–Kier alpha value is -2.16. The molecule has 0 saturated carbocycles. The van der Waals surface area contributed by atoms with E-state index in [2.05, 4.69) is 10.3 Å². The summed E-state index contributed by atoms with van der Waals surface area (Å²) in [6.07, 6.45) is 3.24. The Balaban J connectivity index is 2.01. The third-order valence-corrected chi connectivity index (χ3v) is 5.61. The van der Waals surface area contributed by atoms with Crippen molar-refractivity contribution >= 4 is 27.5 Å². The molecular formula is C17H20ClN3O4S. The highest BCUT2D eigenvalue weighted by Gasteiger charge is 2.24. The van der Waals surface area contributed by atoms with Gasteiger partial charge in [0.15, 0.2) is 0 Å². The van der Waals surface area contributed by atoms with E-state index in [-0.39, 0.29) is 16.5 Å². The molecule has 7 nitrogen and oxygen atoms in total. The minimum atomic E-state index is -3.85. The van der Waals surface area contributed by atoms with E-state index in [1.807, 2.05) is 0 Å². The lowest BCUT2D eigenvalue weighted by atomic mass is 10.3. The van der Waals surface area contributed by atoms with Gasteiger partial charge in [-0.2, -0.15) is 4.31 Å². The number of carbonyl (C=O) groups is 1. The molecule has 9 heteroatoms. The zero-order chi connectivity index (χ0) is 19.2. The number of sulfonamides is 1. The number of hydrogen-bond acceptors (Lipinski definition) is 5. The SMILES string of the molecule is CCOc1ccc(S(=O)(=O)N(C)CC(=O)NCc2ccncc2)cc1Cl. The maximum absolute atomic E-state index is 12.6. The summed E-state index contributed by atoms with van der Waals surface area (Å²) in [5.41, 5.74) is 0.872. The summed E-state index contributed by atoms with van der Waals surface area (Å²) in [6, 6.07) is 7.74. The predicted octanol–water partition coefficient (Wildman–Crippen LogP) is 2.07. The smallest absolute Gasteiger partial charge is 0.243 e. The summed E-state index contributed by atoms with van der Waals surface area (Å²) in [5.74, 6) is -0.00390. The van der Waals surface area contributed by atoms with Crippen LogP contribution in [-0.4, -0.2) is 43.8 Å². The summed E-state index contributed by atoms with van der Waals surface area (Å²) in [6.45, 7) is 2.21. The van der Waals surface area contributed by atoms with Gasteiger partial charge in [-0.1, -0.05) is 11.6 Å². The molecule has 0 bridgehead atoms. The van der Waals surface area contributed by atoms with Crippen molar-refractivity contribution in [2.24, 2.45) is 0 Å². The normalized spacial score (nSPS) is 11.4. The van der Waals surface area contributed by atoms with Crippen LogP contribution in [-0.2, 0) is 21.4 Å². The second-order valence-electron chi connectivity index (χ2n) is 5.42. The fraction of sp³-hybridized carbons (Fsp3) is 0.294. The number of nitrogens with zero attached hydrogens (tertiary/aromatic N) is 2. The van der Waals surface area contributed by atoms with E-state index >= 15 is 0 Å². The third kappa shape index (κ3) is 5.17. The Morgan fingerprint density at radius 1 is 1.27 bits per heavy atom. The highest BCUT2D eigenvalue weighted by molar-refractivity contribution is 7.89. The zero-order valence-electron chi connectivity index (χ0n) is 14.5. The molecule has 0 unspecified atom stereocenters. The van der Waals surface area contributed by atoms with E-state index in [9.17, 15) is 13.2 Å². The number of halogens is 1. The molecule has 1 aromatic carbocycles. The van der Waals surface area contributed by atoms with Crippen molar-refractivity contribution < 1.29 is 17.9 Å². The molecule has 0 spiro atoms. The van der Waals surface area contributed by atoms with E-state index in [4.69, 9.17) is 16.3 Å². The van der Waals surface area contributed by atoms with E-state index < -0.39 is 15.9 Å². The van der Waals surface area contributed by atoms with Gasteiger partial charge in [-0.05, 0) is 42.8 Å². The fourth-order valence-corrected chi connectivity index (χ4v) is 3.59. The van der Waals surface area contributed by atoms with Crippen LogP contribution in [0.1, 0.15) is 12.5 Å². The largest absolute Gasteiger partial charge is 0.492 e. The second-order valence-corrected chi connectivity index (χ2v) is 7.87. The number of amides is 1. The lowest BCUT2D eigenvalue weighted by Gasteiger charge is -2.17. The number of carbonyl (C=O) groups excluding carboxylic acids is 1. The van der Waals surface area contributed by atoms with Gasteiger partial charge >= 0.3 is 0 Å². The molecule has 0 fully saturated rings. The molecule has 1 N–H and O–H groups in total. The first kappa shape index (κ1) is 20.2. The Bertz CT molecular complexity index is 860. The van der Waals surface area contributed by atoms with Gasteiger partial charge in [-0.3, -0.25) is 9.78 Å². The minimum Gasteiger partial charge on any atom is -0.492 e. The number of ether oxygens (including phenoxy) is 1. The van der Waals surface area contributed by atoms with Crippen LogP contribution in [0.5, 0.6) is 5.75 Å². The second kappa shape index (κ2) is 8.98. The standard InChI is InChI=1S/C17H20ClN3O4S/c1-3-25-16-5-4-14(10-15(16)18)26(23,24)21(2)12-17(22)20-11-13-6-8-19-9-7-13/h4-10H,3,11-12H2,1-2H3,(H,20,22). The predicted molar refractivity (Wildman–Crippen MR) is 98.5 cm³/mol. The van der Waals surface area contributed by atoms with Gasteiger partial charge in [0.2, 0.25) is 15.9 Å². The fourth-order valence-electron chi connectivity index (χ4n) is 2.14. The molecule has 2 aromatic rings. The van der Waals surface area contributed by atoms with Crippen molar-refractivity contribution in [2.75, 3.05) is 20.2 Å². The summed E-state index contributed by atoms with van der Waals surface area (Å²) >= 11 is 6.05. The lowest BCUT2D eigenvalue weighted by Crippen LogP contribution is -2.38. The van der Waals surface area contributed by atoms with Gasteiger partial charge in [-0.15, -0.1) is 0 Å². The molecule has 0 atom stereocenters. The summed E-state index contributed by atoms with van der Waals surface area (Å²) in [5, 5.41) is 2.87. The van der Waals surface area contributed by atoms with Crippen molar-refractivity contribution in [1.29, 1.82) is 0 Å². The third-order valence-electron chi connectivity index (χ3n) is 3.52. The molecule has 0 aliphatic rings. The number of rotatable bonds is 8. The minimum absolute atomic E-state index is 0.00427. The van der Waals surface area contributed by atoms with Gasteiger partial charge in [0, 0.05) is 26.0 Å². The van der Waals surface area contributed by atoms with Crippen molar-refractivity contribution in [3.8, 4) is 5.75 Å². The van der Waals surface area contributed by atoms with Crippen LogP contribution >= 0.6 is 11.6 Å². The Morgan fingerprint density at radius 2 is 1.96 bits per heavy atom. The monoisotopic (exact) mass is 397 g/mol. The van der Waals surface area contributed by atoms with Crippen LogP contribution in [0.2, 0.25) is 5.02 Å². The summed E-state index contributed by atoms with van der Waals surface area (Å²) in [7, 11) is -2.51. The summed E-state index contributed by atoms with van der Waals surface area (Å²) in [4.78, 5) is 15.9. The molecule has 0 radical (unpaired) electrons. The van der Waals surface area contributed by atoms with E-state index in [1.165, 1.54) is 25.2 Å². The average Bonchev–Trinajstić information content (AvgIpc) is 2.62. The molecule has 1 amide bonds. The first-order valence-corrected chi connectivity index (χ1v) is 9.70. The quantitative estimate of drug-likeness (QED) is 0.736. The molecule has 140 valence electrons. The van der Waals surface area contributed by atoms with Gasteiger partial charge in [0.05, 0.1) is 23.1 Å². The van der Waals surface area contributed by atoms with Crippen molar-refractivity contribution in [3.63, 3.8) is 0 Å². The van der Waals surface area contributed by atoms with Crippen LogP contribution < -0.4 is 10.1 Å². The average molecular weight is 398 g/mol. The van der Waals surface area contributed by atoms with Crippen molar-refractivity contribution in [3.05, 3.63) is 53.3 Å². The molecular weight excluding hydrogens is 378 g/mol. The van der Waals surface area contributed by atoms with E-state index in [0.29, 0.717) is 18.9 Å². The molecule has 1 heterocycles. The first-order chi connectivity index (χ1) is 12.3. The lowest BCUT2D eigenvalue weighted by molar-refractivity contribution is -0.121. The molecule has 0 aliphatic heterocycles. The molecule has 0 aliphatic carbocycles. The van der Waals surface area contributed by atoms with Crippen LogP contribution in [0, 0.1) is 0 Å². The zero-order valence-corrected chi connectivity index (χ0v) is 16.0. The van der Waals surface area contributed by atoms with Crippen LogP contribution in [0.25, 0.3) is 0 Å².